The quantitative estimate of drug-likeness (QED) is 0.0685. The molecule has 374 valence electrons. The van der Waals surface area contributed by atoms with E-state index in [1.807, 2.05) is 20.8 Å². The third kappa shape index (κ3) is 12.0. The number of rotatable bonds is 21. The molecule has 1 aliphatic carbocycles. The van der Waals surface area contributed by atoms with Crippen molar-refractivity contribution in [2.45, 2.75) is 97.4 Å². The highest BCUT2D eigenvalue weighted by molar-refractivity contribution is 6.32. The third-order valence-corrected chi connectivity index (χ3v) is 13.9. The first-order valence-corrected chi connectivity index (χ1v) is 24.2. The van der Waals surface area contributed by atoms with Gasteiger partial charge in [0.1, 0.15) is 47.3 Å². The molecule has 2 fully saturated rings. The molecule has 16 heteroatoms. The van der Waals surface area contributed by atoms with Crippen LogP contribution in [0.3, 0.4) is 0 Å². The lowest BCUT2D eigenvalue weighted by atomic mass is 9.49. The summed E-state index contributed by atoms with van der Waals surface area (Å²) in [4.78, 5) is 27.3. The van der Waals surface area contributed by atoms with Gasteiger partial charge in [0.25, 0.3) is 5.91 Å². The summed E-state index contributed by atoms with van der Waals surface area (Å²) >= 11 is 12.5. The molecule has 3 N–H and O–H groups in total. The van der Waals surface area contributed by atoms with Gasteiger partial charge in [-0.25, -0.2) is 8.78 Å². The van der Waals surface area contributed by atoms with E-state index in [-0.39, 0.29) is 66.0 Å². The fourth-order valence-electron chi connectivity index (χ4n) is 10.3. The summed E-state index contributed by atoms with van der Waals surface area (Å²) in [6.45, 7) is 18.0. The molecule has 0 bridgehead atoms. The first kappa shape index (κ1) is 54.0. The van der Waals surface area contributed by atoms with Crippen LogP contribution >= 0.6 is 23.2 Å². The van der Waals surface area contributed by atoms with Gasteiger partial charge in [-0.2, -0.15) is 10.5 Å². The zero-order chi connectivity index (χ0) is 51.0. The number of aryl methyl sites for hydroxylation is 1. The van der Waals surface area contributed by atoms with Crippen LogP contribution in [-0.4, -0.2) is 88.8 Å². The Morgan fingerprint density at radius 1 is 0.800 bits per heavy atom. The van der Waals surface area contributed by atoms with Gasteiger partial charge in [0.05, 0.1) is 67.4 Å². The Kier molecular flexibility index (Phi) is 17.6. The molecular formula is C54H63Cl2F2N5O7. The van der Waals surface area contributed by atoms with Crippen molar-refractivity contribution in [3.05, 3.63) is 128 Å². The maximum absolute atomic E-state index is 16.0. The maximum Gasteiger partial charge on any atom is 0.251 e. The highest BCUT2D eigenvalue weighted by Crippen LogP contribution is 2.56. The summed E-state index contributed by atoms with van der Waals surface area (Å²) in [6, 6.07) is 23.4. The SMILES string of the molecule is Cc1ccc([C@@]2(C#N)[C@H](CC(C)(C)C)NC(C(=O)NCCOCCOCCOCCOc3ccc(C(=O)NC4C(C)(C)C(Oc5ccc(C#N)c(Cl)c5)C4(C)C)cc3)[C@@H]2c2cccc(Cl)c2F)c(F)c1. The molecule has 1 saturated carbocycles. The normalized spacial score (nSPS) is 22.3. The molecule has 0 aromatic heterocycles. The average molecular weight is 1000 g/mol. The number of carbonyl (C=O) groups excluding carboxylic acids is 2. The van der Waals surface area contributed by atoms with Crippen LogP contribution in [-0.2, 0) is 24.4 Å². The molecule has 1 aliphatic heterocycles. The van der Waals surface area contributed by atoms with E-state index in [9.17, 15) is 20.1 Å². The van der Waals surface area contributed by atoms with Gasteiger partial charge in [-0.3, -0.25) is 9.59 Å². The topological polar surface area (TPSA) is 164 Å². The fourth-order valence-corrected chi connectivity index (χ4v) is 10.7. The number of nitrogens with zero attached hydrogens (tertiary/aromatic N) is 2. The van der Waals surface area contributed by atoms with E-state index in [1.54, 1.807) is 67.6 Å². The monoisotopic (exact) mass is 1000 g/mol. The molecule has 12 nitrogen and oxygen atoms in total. The van der Waals surface area contributed by atoms with Crippen molar-refractivity contribution < 1.29 is 42.1 Å². The van der Waals surface area contributed by atoms with Crippen LogP contribution in [0.1, 0.15) is 93.4 Å². The highest BCUT2D eigenvalue weighted by Gasteiger charge is 2.64. The Balaban J connectivity index is 0.889. The molecule has 2 amide bonds. The van der Waals surface area contributed by atoms with Gasteiger partial charge in [0.2, 0.25) is 5.91 Å². The lowest BCUT2D eigenvalue weighted by molar-refractivity contribution is -0.164. The van der Waals surface area contributed by atoms with E-state index < -0.39 is 51.8 Å². The number of nitrogens with one attached hydrogen (secondary N) is 3. The van der Waals surface area contributed by atoms with Crippen molar-refractivity contribution in [3.63, 3.8) is 0 Å². The molecule has 4 aromatic carbocycles. The van der Waals surface area contributed by atoms with E-state index in [1.165, 1.54) is 18.2 Å². The predicted molar refractivity (Wildman–Crippen MR) is 264 cm³/mol. The Labute approximate surface area is 420 Å². The number of hydrogen-bond acceptors (Lipinski definition) is 10. The van der Waals surface area contributed by atoms with Crippen LogP contribution in [0, 0.1) is 57.5 Å². The smallest absolute Gasteiger partial charge is 0.251 e. The highest BCUT2D eigenvalue weighted by atomic mass is 35.5. The Hall–Kier alpha value is -5.32. The zero-order valence-electron chi connectivity index (χ0n) is 41.0. The molecule has 1 saturated heterocycles. The van der Waals surface area contributed by atoms with Gasteiger partial charge in [-0.15, -0.1) is 0 Å². The first-order chi connectivity index (χ1) is 33.1. The van der Waals surface area contributed by atoms with Crippen molar-refractivity contribution in [1.82, 2.24) is 16.0 Å². The van der Waals surface area contributed by atoms with Crippen LogP contribution < -0.4 is 25.4 Å². The second kappa shape index (κ2) is 22.8. The molecule has 1 unspecified atom stereocenters. The number of benzene rings is 4. The lowest BCUT2D eigenvalue weighted by Gasteiger charge is -2.63. The predicted octanol–water partition coefficient (Wildman–Crippen LogP) is 9.63. The van der Waals surface area contributed by atoms with E-state index >= 15 is 8.78 Å². The fraction of sp³-hybridized carbons (Fsp3) is 0.481. The number of amides is 2. The molecular weight excluding hydrogens is 940 g/mol. The minimum absolute atomic E-state index is 0.0472. The van der Waals surface area contributed by atoms with E-state index in [0.29, 0.717) is 66.1 Å². The van der Waals surface area contributed by atoms with E-state index in [2.05, 4.69) is 55.8 Å². The number of carbonyl (C=O) groups is 2. The molecule has 4 aromatic rings. The van der Waals surface area contributed by atoms with Crippen molar-refractivity contribution in [3.8, 4) is 23.6 Å². The Bertz CT molecular complexity index is 2560. The summed E-state index contributed by atoms with van der Waals surface area (Å²) in [5.74, 6) is -2.03. The molecule has 70 heavy (non-hydrogen) atoms. The summed E-state index contributed by atoms with van der Waals surface area (Å²) < 4.78 is 61.0. The van der Waals surface area contributed by atoms with Crippen molar-refractivity contribution in [2.24, 2.45) is 16.2 Å². The Morgan fingerprint density at radius 2 is 1.43 bits per heavy atom. The first-order valence-electron chi connectivity index (χ1n) is 23.4. The molecule has 0 spiro atoms. The van der Waals surface area contributed by atoms with E-state index in [0.717, 1.165) is 0 Å². The van der Waals surface area contributed by atoms with Crippen molar-refractivity contribution >= 4 is 35.0 Å². The van der Waals surface area contributed by atoms with Crippen molar-refractivity contribution in [1.29, 1.82) is 10.5 Å². The molecule has 1 heterocycles. The standard InChI is InChI=1S/C54H63Cl2F2N5O7/c1-33-12-19-39(42(57)28-33)54(32-60)43(30-51(2,3)4)62-46(44(54)38-10-9-11-40(55)45(38)58)48(65)61-20-21-66-22-23-67-24-25-68-26-27-69-36-16-13-34(14-17-36)47(64)63-49-52(5,6)50(53(49,7)8)70-37-18-15-35(31-59)41(56)29-37/h9-19,28-29,43-44,46,49-50,62H,20-27,30H2,1-8H3,(H,61,65)(H,63,64)/t43-,44-,46?,49?,50?,54-/m0/s1. The van der Waals surface area contributed by atoms with Gasteiger partial charge in [-0.1, -0.05) is 95.9 Å². The number of hydrogen-bond donors (Lipinski definition) is 3. The molecule has 6 rings (SSSR count). The summed E-state index contributed by atoms with van der Waals surface area (Å²) in [7, 11) is 0. The second-order valence-electron chi connectivity index (χ2n) is 20.3. The van der Waals surface area contributed by atoms with Gasteiger partial charge in [0, 0.05) is 52.6 Å². The molecule has 2 aliphatic rings. The molecule has 0 radical (unpaired) electrons. The largest absolute Gasteiger partial charge is 0.491 e. The average Bonchev–Trinajstić information content (AvgIpc) is 3.62. The summed E-state index contributed by atoms with van der Waals surface area (Å²) in [6.07, 6.45) is 0.165. The third-order valence-electron chi connectivity index (χ3n) is 13.3. The number of halogens is 4. The molecule has 4 atom stereocenters. The van der Waals surface area contributed by atoms with Crippen LogP contribution in [0.25, 0.3) is 0 Å². The summed E-state index contributed by atoms with van der Waals surface area (Å²) in [5.41, 5.74) is -1.14. The number of ether oxygens (including phenoxy) is 5. The van der Waals surface area contributed by atoms with Gasteiger partial charge in [0.15, 0.2) is 0 Å². The minimum Gasteiger partial charge on any atom is -0.491 e. The maximum atomic E-state index is 16.0. The van der Waals surface area contributed by atoms with Gasteiger partial charge < -0.3 is 39.6 Å². The minimum atomic E-state index is -1.67. The lowest BCUT2D eigenvalue weighted by Crippen LogP contribution is -2.74. The second-order valence-corrected chi connectivity index (χ2v) is 21.2. The van der Waals surface area contributed by atoms with Crippen LogP contribution in [0.5, 0.6) is 11.5 Å². The zero-order valence-corrected chi connectivity index (χ0v) is 42.5. The van der Waals surface area contributed by atoms with Crippen LogP contribution in [0.2, 0.25) is 10.0 Å². The van der Waals surface area contributed by atoms with Crippen LogP contribution in [0.4, 0.5) is 8.78 Å². The van der Waals surface area contributed by atoms with Gasteiger partial charge >= 0.3 is 0 Å². The van der Waals surface area contributed by atoms with Gasteiger partial charge in [-0.05, 0) is 78.4 Å². The summed E-state index contributed by atoms with van der Waals surface area (Å²) in [5, 5.41) is 29.8. The van der Waals surface area contributed by atoms with E-state index in [4.69, 9.17) is 46.9 Å². The number of nitriles is 2. The van der Waals surface area contributed by atoms with Crippen molar-refractivity contribution in [2.75, 3.05) is 52.8 Å². The Morgan fingerprint density at radius 3 is 2.03 bits per heavy atom. The van der Waals surface area contributed by atoms with Crippen LogP contribution in [0.15, 0.2) is 78.9 Å².